The molecule has 31 heavy (non-hydrogen) atoms. The summed E-state index contributed by atoms with van der Waals surface area (Å²) in [6.07, 6.45) is -0.549. The molecule has 3 aromatic carbocycles. The Kier molecular flexibility index (Phi) is 5.67. The second-order valence-corrected chi connectivity index (χ2v) is 7.24. The van der Waals surface area contributed by atoms with E-state index in [0.29, 0.717) is 5.56 Å². The standard InChI is InChI=1S/C25H20N2O4/c1-17-12-13-19(27(29)30)15-18(17)7-6-14-26-25(28)31-16-24-22-10-4-2-8-20(22)21-9-3-5-11-23(21)24/h2-5,8-13,15,24H,14,16H2,1H3,(H,26,28). The topological polar surface area (TPSA) is 81.5 Å². The second-order valence-electron chi connectivity index (χ2n) is 7.24. The fourth-order valence-electron chi connectivity index (χ4n) is 3.76. The molecular weight excluding hydrogens is 392 g/mol. The van der Waals surface area contributed by atoms with Gasteiger partial charge < -0.3 is 10.1 Å². The summed E-state index contributed by atoms with van der Waals surface area (Å²) in [4.78, 5) is 22.6. The van der Waals surface area contributed by atoms with Crippen LogP contribution in [-0.2, 0) is 4.74 Å². The van der Waals surface area contributed by atoms with Gasteiger partial charge in [0.2, 0.25) is 0 Å². The van der Waals surface area contributed by atoms with E-state index in [1.165, 1.54) is 23.3 Å². The molecule has 0 radical (unpaired) electrons. The largest absolute Gasteiger partial charge is 0.449 e. The minimum Gasteiger partial charge on any atom is -0.449 e. The van der Waals surface area contributed by atoms with Crippen molar-refractivity contribution in [3.63, 3.8) is 0 Å². The monoisotopic (exact) mass is 412 g/mol. The van der Waals surface area contributed by atoms with Crippen LogP contribution in [0.15, 0.2) is 66.7 Å². The zero-order valence-corrected chi connectivity index (χ0v) is 16.9. The lowest BCUT2D eigenvalue weighted by molar-refractivity contribution is -0.384. The maximum Gasteiger partial charge on any atom is 0.407 e. The summed E-state index contributed by atoms with van der Waals surface area (Å²) < 4.78 is 5.46. The Morgan fingerprint density at radius 1 is 1.06 bits per heavy atom. The van der Waals surface area contributed by atoms with Gasteiger partial charge in [-0.15, -0.1) is 0 Å². The van der Waals surface area contributed by atoms with Crippen LogP contribution in [0.4, 0.5) is 10.5 Å². The van der Waals surface area contributed by atoms with Crippen LogP contribution in [0.1, 0.15) is 28.2 Å². The number of rotatable bonds is 4. The van der Waals surface area contributed by atoms with E-state index in [0.717, 1.165) is 16.7 Å². The number of non-ortho nitro benzene ring substituents is 1. The lowest BCUT2D eigenvalue weighted by atomic mass is 9.98. The number of nitrogens with one attached hydrogen (secondary N) is 1. The number of carbonyl (C=O) groups is 1. The zero-order chi connectivity index (χ0) is 21.8. The fourth-order valence-corrected chi connectivity index (χ4v) is 3.76. The Labute approximate surface area is 180 Å². The third-order valence-electron chi connectivity index (χ3n) is 5.32. The van der Waals surface area contributed by atoms with Gasteiger partial charge in [-0.3, -0.25) is 10.1 Å². The lowest BCUT2D eigenvalue weighted by Gasteiger charge is -2.14. The molecule has 1 aliphatic carbocycles. The fraction of sp³-hybridized carbons (Fsp3) is 0.160. The van der Waals surface area contributed by atoms with E-state index in [4.69, 9.17) is 4.74 Å². The predicted octanol–water partition coefficient (Wildman–Crippen LogP) is 4.79. The van der Waals surface area contributed by atoms with Crippen molar-refractivity contribution in [2.75, 3.05) is 13.2 Å². The average molecular weight is 412 g/mol. The molecule has 6 heteroatoms. The number of alkyl carbamates (subject to hydrolysis) is 1. The molecule has 0 saturated carbocycles. The number of nitro groups is 1. The molecule has 0 bridgehead atoms. The molecular formula is C25H20N2O4. The molecule has 3 aromatic rings. The van der Waals surface area contributed by atoms with Crippen molar-refractivity contribution in [2.24, 2.45) is 0 Å². The van der Waals surface area contributed by atoms with Gasteiger partial charge in [0, 0.05) is 23.6 Å². The molecule has 0 atom stereocenters. The van der Waals surface area contributed by atoms with E-state index in [2.05, 4.69) is 41.4 Å². The maximum atomic E-state index is 12.2. The smallest absolute Gasteiger partial charge is 0.407 e. The Hall–Kier alpha value is -4.11. The first kappa shape index (κ1) is 20.2. The maximum absolute atomic E-state index is 12.2. The number of amides is 1. The number of aryl methyl sites for hydroxylation is 1. The summed E-state index contributed by atoms with van der Waals surface area (Å²) in [6.45, 7) is 2.14. The van der Waals surface area contributed by atoms with E-state index in [1.54, 1.807) is 6.07 Å². The van der Waals surface area contributed by atoms with E-state index in [1.807, 2.05) is 31.2 Å². The molecule has 0 aromatic heterocycles. The third kappa shape index (κ3) is 4.26. The molecule has 0 spiro atoms. The first-order valence-corrected chi connectivity index (χ1v) is 9.87. The first-order valence-electron chi connectivity index (χ1n) is 9.87. The molecule has 0 heterocycles. The highest BCUT2D eigenvalue weighted by molar-refractivity contribution is 5.79. The summed E-state index contributed by atoms with van der Waals surface area (Å²) in [7, 11) is 0. The van der Waals surface area contributed by atoms with Crippen LogP contribution in [0.5, 0.6) is 0 Å². The van der Waals surface area contributed by atoms with Crippen LogP contribution >= 0.6 is 0 Å². The highest BCUT2D eigenvalue weighted by Gasteiger charge is 2.28. The molecule has 0 fully saturated rings. The predicted molar refractivity (Wildman–Crippen MR) is 118 cm³/mol. The molecule has 6 nitrogen and oxygen atoms in total. The number of hydrogen-bond donors (Lipinski definition) is 1. The number of ether oxygens (including phenoxy) is 1. The van der Waals surface area contributed by atoms with E-state index < -0.39 is 11.0 Å². The van der Waals surface area contributed by atoms with Crippen LogP contribution in [0.2, 0.25) is 0 Å². The number of fused-ring (bicyclic) bond motifs is 3. The van der Waals surface area contributed by atoms with Crippen molar-refractivity contribution < 1.29 is 14.5 Å². The first-order chi connectivity index (χ1) is 15.0. The van der Waals surface area contributed by atoms with Crippen LogP contribution in [-0.4, -0.2) is 24.2 Å². The third-order valence-corrected chi connectivity index (χ3v) is 5.32. The van der Waals surface area contributed by atoms with Crippen molar-refractivity contribution in [3.8, 4) is 23.0 Å². The molecule has 1 aliphatic rings. The highest BCUT2D eigenvalue weighted by atomic mass is 16.6. The Balaban J connectivity index is 1.36. The summed E-state index contributed by atoms with van der Waals surface area (Å²) in [5.41, 5.74) is 6.02. The van der Waals surface area contributed by atoms with E-state index >= 15 is 0 Å². The summed E-state index contributed by atoms with van der Waals surface area (Å²) >= 11 is 0. The molecule has 4 rings (SSSR count). The molecule has 0 aliphatic heterocycles. The Bertz CT molecular complexity index is 1180. The lowest BCUT2D eigenvalue weighted by Crippen LogP contribution is -2.26. The summed E-state index contributed by atoms with van der Waals surface area (Å²) in [5.74, 6) is 5.67. The van der Waals surface area contributed by atoms with Crippen LogP contribution in [0.25, 0.3) is 11.1 Å². The van der Waals surface area contributed by atoms with Crippen LogP contribution in [0, 0.1) is 28.9 Å². The van der Waals surface area contributed by atoms with Gasteiger partial charge in [-0.05, 0) is 34.7 Å². The van der Waals surface area contributed by atoms with E-state index in [-0.39, 0.29) is 24.8 Å². The number of benzene rings is 3. The molecule has 0 saturated heterocycles. The van der Waals surface area contributed by atoms with Gasteiger partial charge in [0.15, 0.2) is 0 Å². The SMILES string of the molecule is Cc1ccc([N+](=O)[O-])cc1C#CCNC(=O)OCC1c2ccccc2-c2ccccc21. The second kappa shape index (κ2) is 8.72. The molecule has 0 unspecified atom stereocenters. The number of nitrogens with zero attached hydrogens (tertiary/aromatic N) is 1. The molecule has 154 valence electrons. The van der Waals surface area contributed by atoms with Crippen molar-refractivity contribution in [3.05, 3.63) is 99.1 Å². The average Bonchev–Trinajstić information content (AvgIpc) is 3.10. The summed E-state index contributed by atoms with van der Waals surface area (Å²) in [5, 5.41) is 13.5. The van der Waals surface area contributed by atoms with Crippen molar-refractivity contribution in [1.29, 1.82) is 0 Å². The van der Waals surface area contributed by atoms with E-state index in [9.17, 15) is 14.9 Å². The van der Waals surface area contributed by atoms with Crippen LogP contribution < -0.4 is 5.32 Å². The van der Waals surface area contributed by atoms with Gasteiger partial charge in [-0.25, -0.2) is 4.79 Å². The van der Waals surface area contributed by atoms with Gasteiger partial charge in [-0.2, -0.15) is 0 Å². The minimum absolute atomic E-state index is 0.00301. The molecule has 1 N–H and O–H groups in total. The van der Waals surface area contributed by atoms with Crippen molar-refractivity contribution in [1.82, 2.24) is 5.32 Å². The van der Waals surface area contributed by atoms with Crippen molar-refractivity contribution in [2.45, 2.75) is 12.8 Å². The van der Waals surface area contributed by atoms with Gasteiger partial charge in [0.1, 0.15) is 6.61 Å². The van der Waals surface area contributed by atoms with Gasteiger partial charge >= 0.3 is 6.09 Å². The van der Waals surface area contributed by atoms with Gasteiger partial charge in [0.05, 0.1) is 11.5 Å². The highest BCUT2D eigenvalue weighted by Crippen LogP contribution is 2.44. The van der Waals surface area contributed by atoms with Gasteiger partial charge in [-0.1, -0.05) is 66.4 Å². The minimum atomic E-state index is -0.549. The quantitative estimate of drug-likeness (QED) is 0.379. The summed E-state index contributed by atoms with van der Waals surface area (Å²) in [6, 6.07) is 20.8. The molecule has 1 amide bonds. The Morgan fingerprint density at radius 3 is 2.35 bits per heavy atom. The van der Waals surface area contributed by atoms with Gasteiger partial charge in [0.25, 0.3) is 5.69 Å². The number of nitro benzene ring substituents is 1. The number of carbonyl (C=O) groups excluding carboxylic acids is 1. The number of hydrogen-bond acceptors (Lipinski definition) is 4. The zero-order valence-electron chi connectivity index (χ0n) is 16.9. The van der Waals surface area contributed by atoms with Crippen LogP contribution in [0.3, 0.4) is 0 Å². The van der Waals surface area contributed by atoms with Crippen molar-refractivity contribution >= 4 is 11.8 Å². The normalized spacial score (nSPS) is 11.6. The Morgan fingerprint density at radius 2 is 1.71 bits per heavy atom.